The van der Waals surface area contributed by atoms with Crippen LogP contribution in [0.5, 0.6) is 5.75 Å². The van der Waals surface area contributed by atoms with Crippen molar-refractivity contribution in [2.75, 3.05) is 5.32 Å². The molecule has 0 spiro atoms. The summed E-state index contributed by atoms with van der Waals surface area (Å²) in [5, 5.41) is 3.74. The number of hydrogen-bond acceptors (Lipinski definition) is 4. The van der Waals surface area contributed by atoms with Crippen molar-refractivity contribution in [1.29, 1.82) is 0 Å². The molecule has 0 aliphatic carbocycles. The van der Waals surface area contributed by atoms with E-state index in [1.807, 2.05) is 62.5 Å². The number of rotatable bonds is 7. The summed E-state index contributed by atoms with van der Waals surface area (Å²) in [6.45, 7) is 15.2. The van der Waals surface area contributed by atoms with Crippen molar-refractivity contribution in [2.45, 2.75) is 66.8 Å². The van der Waals surface area contributed by atoms with E-state index in [0.29, 0.717) is 12.2 Å². The van der Waals surface area contributed by atoms with Crippen LogP contribution < -0.4 is 10.1 Å². The van der Waals surface area contributed by atoms with Gasteiger partial charge in [-0.2, -0.15) is 0 Å². The molecule has 2 aromatic heterocycles. The topological polar surface area (TPSA) is 55.6 Å². The van der Waals surface area contributed by atoms with E-state index in [1.54, 1.807) is 0 Å². The lowest BCUT2D eigenvalue weighted by atomic mass is 9.82. The van der Waals surface area contributed by atoms with E-state index >= 15 is 0 Å². The van der Waals surface area contributed by atoms with Crippen molar-refractivity contribution in [3.63, 3.8) is 0 Å². The van der Waals surface area contributed by atoms with Gasteiger partial charge in [0.2, 0.25) is 0 Å². The molecule has 3 aromatic rings. The number of pyridine rings is 1. The Morgan fingerprint density at radius 1 is 1.06 bits per heavy atom. The van der Waals surface area contributed by atoms with E-state index in [2.05, 4.69) is 44.3 Å². The highest BCUT2D eigenvalue weighted by molar-refractivity contribution is 5.83. The molecule has 0 amide bonds. The molecule has 1 N–H and O–H groups in total. The molecule has 31 heavy (non-hydrogen) atoms. The number of carbonyl (C=O) groups is 1. The molecule has 0 unspecified atom stereocenters. The first kappa shape index (κ1) is 22.9. The number of benzene rings is 1. The minimum absolute atomic E-state index is 0.165. The highest BCUT2D eigenvalue weighted by atomic mass is 16.5. The van der Waals surface area contributed by atoms with Gasteiger partial charge in [0.25, 0.3) is 0 Å². The Bertz CT molecular complexity index is 1060. The summed E-state index contributed by atoms with van der Waals surface area (Å²) in [5.74, 6) is 1.45. The monoisotopic (exact) mass is 421 g/mol. The van der Waals surface area contributed by atoms with Crippen LogP contribution in [0.4, 0.5) is 5.82 Å². The molecular formula is C26H35N3O2. The zero-order valence-corrected chi connectivity index (χ0v) is 19.8. The van der Waals surface area contributed by atoms with Gasteiger partial charge in [0.1, 0.15) is 22.9 Å². The fourth-order valence-corrected chi connectivity index (χ4v) is 4.24. The van der Waals surface area contributed by atoms with Crippen LogP contribution in [-0.2, 0) is 4.79 Å². The predicted molar refractivity (Wildman–Crippen MR) is 127 cm³/mol. The first-order chi connectivity index (χ1) is 14.5. The minimum atomic E-state index is -0.228. The number of anilines is 1. The van der Waals surface area contributed by atoms with Gasteiger partial charge in [-0.3, -0.25) is 9.20 Å². The van der Waals surface area contributed by atoms with Gasteiger partial charge in [-0.1, -0.05) is 52.8 Å². The van der Waals surface area contributed by atoms with Crippen molar-refractivity contribution >= 4 is 17.4 Å². The third-order valence-electron chi connectivity index (χ3n) is 4.90. The number of nitrogens with one attached hydrogen (secondary N) is 1. The lowest BCUT2D eigenvalue weighted by molar-refractivity contribution is -0.135. The van der Waals surface area contributed by atoms with E-state index in [4.69, 9.17) is 9.72 Å². The lowest BCUT2D eigenvalue weighted by Gasteiger charge is -2.34. The Hall–Kier alpha value is -2.82. The highest BCUT2D eigenvalue weighted by Crippen LogP contribution is 2.38. The summed E-state index contributed by atoms with van der Waals surface area (Å²) in [5.41, 5.74) is 2.43. The van der Waals surface area contributed by atoms with Gasteiger partial charge >= 0.3 is 5.97 Å². The van der Waals surface area contributed by atoms with E-state index < -0.39 is 0 Å². The van der Waals surface area contributed by atoms with E-state index in [1.165, 1.54) is 0 Å². The molecule has 5 nitrogen and oxygen atoms in total. The Labute approximate surface area is 185 Å². The van der Waals surface area contributed by atoms with E-state index in [-0.39, 0.29) is 22.8 Å². The van der Waals surface area contributed by atoms with Crippen molar-refractivity contribution in [3.8, 4) is 17.0 Å². The Kier molecular flexibility index (Phi) is 6.44. The standard InChI is InChI=1S/C26H35N3O2/c1-18(2)16-22(30)31-20-13-9-8-12-19(20)23-24(28-26(6,7)17-25(3,4)5)29-15-11-10-14-21(29)27-23/h8-15,18,28H,16-17H2,1-7H3. The van der Waals surface area contributed by atoms with Crippen molar-refractivity contribution in [3.05, 3.63) is 48.7 Å². The minimum Gasteiger partial charge on any atom is -0.426 e. The second kappa shape index (κ2) is 8.74. The maximum atomic E-state index is 12.4. The quantitative estimate of drug-likeness (QED) is 0.346. The highest BCUT2D eigenvalue weighted by Gasteiger charge is 2.28. The van der Waals surface area contributed by atoms with Gasteiger partial charge in [-0.05, 0) is 55.9 Å². The molecule has 3 rings (SSSR count). The largest absolute Gasteiger partial charge is 0.426 e. The van der Waals surface area contributed by atoms with Gasteiger partial charge in [0, 0.05) is 23.7 Å². The first-order valence-electron chi connectivity index (χ1n) is 11.0. The summed E-state index contributed by atoms with van der Waals surface area (Å²) in [6.07, 6.45) is 3.36. The maximum Gasteiger partial charge on any atom is 0.311 e. The van der Waals surface area contributed by atoms with Gasteiger partial charge in [0.15, 0.2) is 0 Å². The molecule has 0 atom stereocenters. The molecule has 166 valence electrons. The fourth-order valence-electron chi connectivity index (χ4n) is 4.24. The van der Waals surface area contributed by atoms with Gasteiger partial charge < -0.3 is 10.1 Å². The Morgan fingerprint density at radius 2 is 1.74 bits per heavy atom. The molecule has 0 fully saturated rings. The third kappa shape index (κ3) is 5.87. The SMILES string of the molecule is CC(C)CC(=O)Oc1ccccc1-c1nc2ccccn2c1NC(C)(C)CC(C)(C)C. The summed E-state index contributed by atoms with van der Waals surface area (Å²) in [4.78, 5) is 17.3. The number of ether oxygens (including phenoxy) is 1. The van der Waals surface area contributed by atoms with Gasteiger partial charge in [-0.15, -0.1) is 0 Å². The van der Waals surface area contributed by atoms with Crippen LogP contribution in [-0.4, -0.2) is 20.9 Å². The lowest BCUT2D eigenvalue weighted by Crippen LogP contribution is -2.36. The number of imidazole rings is 1. The predicted octanol–water partition coefficient (Wildman–Crippen LogP) is 6.58. The molecule has 2 heterocycles. The van der Waals surface area contributed by atoms with Crippen LogP contribution in [0, 0.1) is 11.3 Å². The average molecular weight is 422 g/mol. The van der Waals surface area contributed by atoms with Crippen molar-refractivity contribution in [2.24, 2.45) is 11.3 Å². The number of nitrogens with zero attached hydrogens (tertiary/aromatic N) is 2. The van der Waals surface area contributed by atoms with Gasteiger partial charge in [0.05, 0.1) is 0 Å². The summed E-state index contributed by atoms with van der Waals surface area (Å²) >= 11 is 0. The molecule has 0 saturated carbocycles. The van der Waals surface area contributed by atoms with E-state index in [0.717, 1.165) is 29.1 Å². The molecule has 5 heteroatoms. The molecule has 0 aliphatic heterocycles. The molecule has 1 aromatic carbocycles. The summed E-state index contributed by atoms with van der Waals surface area (Å²) in [6, 6.07) is 13.6. The fraction of sp³-hybridized carbons (Fsp3) is 0.462. The van der Waals surface area contributed by atoms with Gasteiger partial charge in [-0.25, -0.2) is 4.98 Å². The number of aromatic nitrogens is 2. The number of esters is 1. The Morgan fingerprint density at radius 3 is 2.42 bits per heavy atom. The normalized spacial score (nSPS) is 12.4. The smallest absolute Gasteiger partial charge is 0.311 e. The van der Waals surface area contributed by atoms with Crippen molar-refractivity contribution < 1.29 is 9.53 Å². The number of para-hydroxylation sites is 1. The van der Waals surface area contributed by atoms with Crippen LogP contribution in [0.15, 0.2) is 48.7 Å². The van der Waals surface area contributed by atoms with E-state index in [9.17, 15) is 4.79 Å². The summed E-state index contributed by atoms with van der Waals surface area (Å²) < 4.78 is 7.82. The first-order valence-corrected chi connectivity index (χ1v) is 11.0. The number of hydrogen-bond donors (Lipinski definition) is 1. The van der Waals surface area contributed by atoms with Crippen LogP contribution in [0.2, 0.25) is 0 Å². The Balaban J connectivity index is 2.08. The molecule has 0 radical (unpaired) electrons. The van der Waals surface area contributed by atoms with Crippen LogP contribution >= 0.6 is 0 Å². The second-order valence-corrected chi connectivity index (χ2v) is 10.6. The zero-order valence-electron chi connectivity index (χ0n) is 19.8. The molecule has 0 aliphatic rings. The number of fused-ring (bicyclic) bond motifs is 1. The maximum absolute atomic E-state index is 12.4. The average Bonchev–Trinajstić information content (AvgIpc) is 2.97. The summed E-state index contributed by atoms with van der Waals surface area (Å²) in [7, 11) is 0. The molecule has 0 bridgehead atoms. The van der Waals surface area contributed by atoms with Crippen LogP contribution in [0.25, 0.3) is 16.9 Å². The second-order valence-electron chi connectivity index (χ2n) is 10.6. The van der Waals surface area contributed by atoms with Crippen molar-refractivity contribution in [1.82, 2.24) is 9.38 Å². The van der Waals surface area contributed by atoms with Crippen LogP contribution in [0.1, 0.15) is 61.3 Å². The third-order valence-corrected chi connectivity index (χ3v) is 4.90. The zero-order chi connectivity index (χ0) is 22.8. The molecule has 0 saturated heterocycles. The van der Waals surface area contributed by atoms with Crippen LogP contribution in [0.3, 0.4) is 0 Å². The molecular weight excluding hydrogens is 386 g/mol. The number of carbonyl (C=O) groups excluding carboxylic acids is 1.